The third-order valence-corrected chi connectivity index (χ3v) is 7.80. The normalized spacial score (nSPS) is 15.7. The number of carbonyl (C=O) groups excluding carboxylic acids is 1. The number of hydrogen-bond acceptors (Lipinski definition) is 3. The molecule has 5 rings (SSSR count). The molecule has 198 valence electrons. The first-order chi connectivity index (χ1) is 18.3. The van der Waals surface area contributed by atoms with Crippen LogP contribution >= 0.6 is 0 Å². The van der Waals surface area contributed by atoms with Crippen molar-refractivity contribution in [3.05, 3.63) is 88.7 Å². The van der Waals surface area contributed by atoms with Crippen LogP contribution in [-0.2, 0) is 11.3 Å². The molecule has 3 aromatic carbocycles. The van der Waals surface area contributed by atoms with E-state index in [1.165, 1.54) is 22.3 Å². The average molecular weight is 510 g/mol. The predicted octanol–water partition coefficient (Wildman–Crippen LogP) is 7.46. The van der Waals surface area contributed by atoms with E-state index in [9.17, 15) is 4.79 Å². The molecule has 1 aliphatic heterocycles. The van der Waals surface area contributed by atoms with E-state index in [1.54, 1.807) is 0 Å². The van der Waals surface area contributed by atoms with Crippen LogP contribution in [0.1, 0.15) is 73.0 Å². The number of aryl methyl sites for hydroxylation is 4. The topological polar surface area (TPSA) is 47.4 Å². The van der Waals surface area contributed by atoms with Gasteiger partial charge >= 0.3 is 0 Å². The lowest BCUT2D eigenvalue weighted by atomic mass is 10.0. The number of amides is 1. The van der Waals surface area contributed by atoms with Crippen molar-refractivity contribution >= 4 is 22.6 Å². The molecule has 2 heterocycles. The molecule has 5 nitrogen and oxygen atoms in total. The first-order valence-corrected chi connectivity index (χ1v) is 13.9. The number of unbranched alkanes of at least 4 members (excludes halogenated alkanes) is 1. The first kappa shape index (κ1) is 26.0. The molecule has 5 heteroatoms. The monoisotopic (exact) mass is 509 g/mol. The van der Waals surface area contributed by atoms with E-state index in [-0.39, 0.29) is 11.8 Å². The zero-order valence-electron chi connectivity index (χ0n) is 23.3. The molecule has 0 radical (unpaired) electrons. The number of carbonyl (C=O) groups is 1. The van der Waals surface area contributed by atoms with Crippen LogP contribution in [-0.4, -0.2) is 28.6 Å². The van der Waals surface area contributed by atoms with E-state index in [1.807, 2.05) is 11.0 Å². The minimum absolute atomic E-state index is 0.0775. The summed E-state index contributed by atoms with van der Waals surface area (Å²) in [5, 5.41) is 0. The van der Waals surface area contributed by atoms with Gasteiger partial charge < -0.3 is 14.2 Å². The fraction of sp³-hybridized carbons (Fsp3) is 0.394. The first-order valence-electron chi connectivity index (χ1n) is 13.9. The fourth-order valence-corrected chi connectivity index (χ4v) is 5.46. The summed E-state index contributed by atoms with van der Waals surface area (Å²) < 4.78 is 8.57. The molecule has 1 amide bonds. The molecule has 0 aliphatic carbocycles. The lowest BCUT2D eigenvalue weighted by Crippen LogP contribution is -2.24. The minimum Gasteiger partial charge on any atom is -0.493 e. The van der Waals surface area contributed by atoms with Crippen molar-refractivity contribution in [2.24, 2.45) is 0 Å². The second kappa shape index (κ2) is 11.0. The standard InChI is InChI=1S/C33H39N3O2/c1-22(2)28-15-12-23(3)18-31(28)38-17-9-8-16-35-30-11-7-6-10-29(30)34-33(35)26-20-32(37)36(21-26)27-14-13-24(4)25(5)19-27/h6-7,10-15,18-19,22,26H,8-9,16-17,20-21H2,1-5H3. The molecule has 38 heavy (non-hydrogen) atoms. The fourth-order valence-electron chi connectivity index (χ4n) is 5.46. The number of benzene rings is 3. The maximum absolute atomic E-state index is 13.1. The Balaban J connectivity index is 1.29. The zero-order valence-corrected chi connectivity index (χ0v) is 23.3. The van der Waals surface area contributed by atoms with Gasteiger partial charge in [-0.25, -0.2) is 4.98 Å². The summed E-state index contributed by atoms with van der Waals surface area (Å²) >= 11 is 0. The summed E-state index contributed by atoms with van der Waals surface area (Å²) in [6.45, 7) is 12.9. The Hall–Kier alpha value is -3.60. The van der Waals surface area contributed by atoms with Crippen LogP contribution in [0.5, 0.6) is 5.75 Å². The molecule has 0 N–H and O–H groups in total. The number of aromatic nitrogens is 2. The number of imidazole rings is 1. The van der Waals surface area contributed by atoms with Crippen molar-refractivity contribution in [2.75, 3.05) is 18.1 Å². The third kappa shape index (κ3) is 5.33. The van der Waals surface area contributed by atoms with Crippen molar-refractivity contribution in [3.63, 3.8) is 0 Å². The molecule has 1 saturated heterocycles. The van der Waals surface area contributed by atoms with E-state index < -0.39 is 0 Å². The predicted molar refractivity (Wildman–Crippen MR) is 155 cm³/mol. The number of hydrogen-bond donors (Lipinski definition) is 0. The number of rotatable bonds is 9. The second-order valence-electron chi connectivity index (χ2n) is 11.0. The minimum atomic E-state index is 0.0775. The van der Waals surface area contributed by atoms with Gasteiger partial charge in [0.25, 0.3) is 0 Å². The molecule has 0 bridgehead atoms. The summed E-state index contributed by atoms with van der Waals surface area (Å²) in [5.41, 5.74) is 8.05. The highest BCUT2D eigenvalue weighted by Gasteiger charge is 2.34. The summed E-state index contributed by atoms with van der Waals surface area (Å²) in [7, 11) is 0. The Labute approximate surface area is 226 Å². The van der Waals surface area contributed by atoms with E-state index in [2.05, 4.69) is 93.8 Å². The van der Waals surface area contributed by atoms with Gasteiger partial charge in [-0.15, -0.1) is 0 Å². The molecule has 1 aliphatic rings. The van der Waals surface area contributed by atoms with Crippen molar-refractivity contribution in [1.82, 2.24) is 9.55 Å². The van der Waals surface area contributed by atoms with Crippen LogP contribution in [0.3, 0.4) is 0 Å². The zero-order chi connectivity index (χ0) is 26.8. The number of nitrogens with zero attached hydrogens (tertiary/aromatic N) is 3. The highest BCUT2D eigenvalue weighted by atomic mass is 16.5. The van der Waals surface area contributed by atoms with Crippen LogP contribution < -0.4 is 9.64 Å². The molecule has 1 unspecified atom stereocenters. The maximum Gasteiger partial charge on any atom is 0.227 e. The summed E-state index contributed by atoms with van der Waals surface area (Å²) in [4.78, 5) is 20.0. The van der Waals surface area contributed by atoms with Crippen LogP contribution in [0, 0.1) is 20.8 Å². The number of fused-ring (bicyclic) bond motifs is 1. The van der Waals surface area contributed by atoms with Gasteiger partial charge in [-0.3, -0.25) is 4.79 Å². The van der Waals surface area contributed by atoms with Crippen LogP contribution in [0.2, 0.25) is 0 Å². The summed E-state index contributed by atoms with van der Waals surface area (Å²) in [5.74, 6) is 2.71. The Morgan fingerprint density at radius 3 is 2.58 bits per heavy atom. The maximum atomic E-state index is 13.1. The molecular formula is C33H39N3O2. The number of para-hydroxylation sites is 2. The van der Waals surface area contributed by atoms with Gasteiger partial charge in [0, 0.05) is 31.1 Å². The Morgan fingerprint density at radius 1 is 0.974 bits per heavy atom. The molecule has 4 aromatic rings. The van der Waals surface area contributed by atoms with Crippen molar-refractivity contribution in [1.29, 1.82) is 0 Å². The van der Waals surface area contributed by atoms with Crippen molar-refractivity contribution in [2.45, 2.75) is 72.3 Å². The molecule has 0 saturated carbocycles. The van der Waals surface area contributed by atoms with Gasteiger partial charge in [0.2, 0.25) is 5.91 Å². The van der Waals surface area contributed by atoms with E-state index >= 15 is 0 Å². The van der Waals surface area contributed by atoms with Crippen molar-refractivity contribution in [3.8, 4) is 5.75 Å². The van der Waals surface area contributed by atoms with Gasteiger partial charge in [0.05, 0.1) is 17.6 Å². The lowest BCUT2D eigenvalue weighted by Gasteiger charge is -2.19. The number of anilines is 1. The third-order valence-electron chi connectivity index (χ3n) is 7.80. The van der Waals surface area contributed by atoms with E-state index in [4.69, 9.17) is 9.72 Å². The van der Waals surface area contributed by atoms with Gasteiger partial charge in [-0.2, -0.15) is 0 Å². The van der Waals surface area contributed by atoms with Crippen LogP contribution in [0.25, 0.3) is 11.0 Å². The van der Waals surface area contributed by atoms with Gasteiger partial charge in [0.1, 0.15) is 11.6 Å². The summed E-state index contributed by atoms with van der Waals surface area (Å²) in [6.07, 6.45) is 2.43. The molecule has 1 aromatic heterocycles. The lowest BCUT2D eigenvalue weighted by molar-refractivity contribution is -0.117. The Bertz CT molecular complexity index is 1450. The largest absolute Gasteiger partial charge is 0.493 e. The highest BCUT2D eigenvalue weighted by Crippen LogP contribution is 2.34. The smallest absolute Gasteiger partial charge is 0.227 e. The number of ether oxygens (including phenoxy) is 1. The highest BCUT2D eigenvalue weighted by molar-refractivity contribution is 5.96. The molecule has 0 spiro atoms. The van der Waals surface area contributed by atoms with Crippen molar-refractivity contribution < 1.29 is 9.53 Å². The molecular weight excluding hydrogens is 470 g/mol. The van der Waals surface area contributed by atoms with E-state index in [0.717, 1.165) is 47.7 Å². The van der Waals surface area contributed by atoms with Gasteiger partial charge in [-0.1, -0.05) is 44.2 Å². The quantitative estimate of drug-likeness (QED) is 0.220. The van der Waals surface area contributed by atoms with Gasteiger partial charge in [0.15, 0.2) is 0 Å². The SMILES string of the molecule is Cc1ccc(C(C)C)c(OCCCCn2c(C3CC(=O)N(c4ccc(C)c(C)c4)C3)nc3ccccc32)c1. The Kier molecular flexibility index (Phi) is 7.55. The Morgan fingerprint density at radius 2 is 1.79 bits per heavy atom. The van der Waals surface area contributed by atoms with Crippen LogP contribution in [0.15, 0.2) is 60.7 Å². The molecule has 1 fully saturated rings. The van der Waals surface area contributed by atoms with Crippen LogP contribution in [0.4, 0.5) is 5.69 Å². The van der Waals surface area contributed by atoms with Gasteiger partial charge in [-0.05, 0) is 92.1 Å². The summed E-state index contributed by atoms with van der Waals surface area (Å²) in [6, 6.07) is 21.1. The second-order valence-corrected chi connectivity index (χ2v) is 11.0. The average Bonchev–Trinajstić information content (AvgIpc) is 3.46. The van der Waals surface area contributed by atoms with E-state index in [0.29, 0.717) is 25.5 Å². The molecule has 1 atom stereocenters.